The fraction of sp³-hybridized carbons (Fsp3) is 0.684. The third-order valence-corrected chi connectivity index (χ3v) is 4.95. The molecule has 2 rings (SSSR count). The first-order chi connectivity index (χ1) is 11.8. The number of nitrogens with zero attached hydrogens (tertiary/aromatic N) is 2. The number of aliphatic hydroxyl groups is 1. The normalized spacial score (nSPS) is 18.4. The van der Waals surface area contributed by atoms with E-state index in [1.54, 1.807) is 12.1 Å². The SMILES string of the molecule is CC(C)CCC(C)(O)CNC1CCN(c2ccc([N+](=O)[O-])cc2)CC1. The van der Waals surface area contributed by atoms with E-state index < -0.39 is 5.60 Å². The van der Waals surface area contributed by atoms with Crippen LogP contribution in [0.1, 0.15) is 46.5 Å². The van der Waals surface area contributed by atoms with Gasteiger partial charge in [0.05, 0.1) is 10.5 Å². The van der Waals surface area contributed by atoms with Crippen LogP contribution in [0.25, 0.3) is 0 Å². The summed E-state index contributed by atoms with van der Waals surface area (Å²) in [5.41, 5.74) is 0.511. The summed E-state index contributed by atoms with van der Waals surface area (Å²) < 4.78 is 0. The molecule has 1 unspecified atom stereocenters. The van der Waals surface area contributed by atoms with Crippen molar-refractivity contribution in [1.82, 2.24) is 5.32 Å². The summed E-state index contributed by atoms with van der Waals surface area (Å²) in [6, 6.07) is 7.18. The molecule has 1 aromatic carbocycles. The maximum atomic E-state index is 10.7. The molecule has 0 bridgehead atoms. The predicted octanol–water partition coefficient (Wildman–Crippen LogP) is 3.34. The van der Waals surface area contributed by atoms with E-state index in [2.05, 4.69) is 24.1 Å². The highest BCUT2D eigenvalue weighted by molar-refractivity contribution is 5.51. The minimum Gasteiger partial charge on any atom is -0.389 e. The standard InChI is InChI=1S/C19H31N3O3/c1-15(2)8-11-19(3,23)14-20-16-9-12-21(13-10-16)17-4-6-18(7-5-17)22(24)25/h4-7,15-16,20,23H,8-14H2,1-3H3. The van der Waals surface area contributed by atoms with E-state index in [1.165, 1.54) is 0 Å². The first kappa shape index (κ1) is 19.7. The Morgan fingerprint density at radius 3 is 2.44 bits per heavy atom. The van der Waals surface area contributed by atoms with Gasteiger partial charge in [-0.1, -0.05) is 13.8 Å². The summed E-state index contributed by atoms with van der Waals surface area (Å²) in [4.78, 5) is 12.6. The van der Waals surface area contributed by atoms with E-state index in [-0.39, 0.29) is 10.6 Å². The largest absolute Gasteiger partial charge is 0.389 e. The maximum Gasteiger partial charge on any atom is 0.269 e. The van der Waals surface area contributed by atoms with E-state index in [4.69, 9.17) is 0 Å². The van der Waals surface area contributed by atoms with Crippen LogP contribution in [0.5, 0.6) is 0 Å². The average molecular weight is 349 g/mol. The van der Waals surface area contributed by atoms with Crippen LogP contribution in [0, 0.1) is 16.0 Å². The third-order valence-electron chi connectivity index (χ3n) is 4.95. The Labute approximate surface area is 150 Å². The predicted molar refractivity (Wildman–Crippen MR) is 101 cm³/mol. The molecule has 0 aromatic heterocycles. The van der Waals surface area contributed by atoms with E-state index >= 15 is 0 Å². The Bertz CT molecular complexity index is 550. The first-order valence-corrected chi connectivity index (χ1v) is 9.22. The van der Waals surface area contributed by atoms with Crippen LogP contribution in [0.3, 0.4) is 0 Å². The van der Waals surface area contributed by atoms with E-state index in [9.17, 15) is 15.2 Å². The second-order valence-corrected chi connectivity index (χ2v) is 7.85. The highest BCUT2D eigenvalue weighted by atomic mass is 16.6. The molecule has 0 saturated carbocycles. The fourth-order valence-electron chi connectivity index (χ4n) is 3.18. The summed E-state index contributed by atoms with van der Waals surface area (Å²) in [5, 5.41) is 24.7. The maximum absolute atomic E-state index is 10.7. The molecule has 140 valence electrons. The molecule has 1 saturated heterocycles. The van der Waals surface area contributed by atoms with Crippen molar-refractivity contribution in [3.8, 4) is 0 Å². The Balaban J connectivity index is 1.76. The van der Waals surface area contributed by atoms with Crippen LogP contribution in [0.4, 0.5) is 11.4 Å². The van der Waals surface area contributed by atoms with Crippen LogP contribution in [-0.4, -0.2) is 41.3 Å². The fourth-order valence-corrected chi connectivity index (χ4v) is 3.18. The van der Waals surface area contributed by atoms with Crippen molar-refractivity contribution in [2.24, 2.45) is 5.92 Å². The number of nitrogens with one attached hydrogen (secondary N) is 1. The Kier molecular flexibility index (Phi) is 6.79. The molecule has 6 heteroatoms. The van der Waals surface area contributed by atoms with Gasteiger partial charge in [0.2, 0.25) is 0 Å². The summed E-state index contributed by atoms with van der Waals surface area (Å²) in [5.74, 6) is 0.608. The number of hydrogen-bond acceptors (Lipinski definition) is 5. The van der Waals surface area contributed by atoms with Crippen LogP contribution in [0.2, 0.25) is 0 Å². The Morgan fingerprint density at radius 2 is 1.92 bits per heavy atom. The van der Waals surface area contributed by atoms with Crippen molar-refractivity contribution < 1.29 is 10.0 Å². The smallest absolute Gasteiger partial charge is 0.269 e. The first-order valence-electron chi connectivity index (χ1n) is 9.22. The lowest BCUT2D eigenvalue weighted by molar-refractivity contribution is -0.384. The van der Waals surface area contributed by atoms with Gasteiger partial charge in [0.25, 0.3) is 5.69 Å². The summed E-state index contributed by atoms with van der Waals surface area (Å²) in [7, 11) is 0. The van der Waals surface area contributed by atoms with Crippen molar-refractivity contribution in [1.29, 1.82) is 0 Å². The molecular formula is C19H31N3O3. The van der Waals surface area contributed by atoms with Crippen molar-refractivity contribution in [3.05, 3.63) is 34.4 Å². The zero-order valence-corrected chi connectivity index (χ0v) is 15.6. The second-order valence-electron chi connectivity index (χ2n) is 7.85. The average Bonchev–Trinajstić information content (AvgIpc) is 2.59. The molecule has 1 fully saturated rings. The van der Waals surface area contributed by atoms with Crippen molar-refractivity contribution in [2.75, 3.05) is 24.5 Å². The van der Waals surface area contributed by atoms with Crippen LogP contribution >= 0.6 is 0 Å². The summed E-state index contributed by atoms with van der Waals surface area (Å²) in [6.45, 7) is 8.73. The van der Waals surface area contributed by atoms with Gasteiger partial charge in [-0.25, -0.2) is 0 Å². The molecular weight excluding hydrogens is 318 g/mol. The zero-order chi connectivity index (χ0) is 18.4. The minimum absolute atomic E-state index is 0.129. The van der Waals surface area contributed by atoms with Gasteiger partial charge in [0.15, 0.2) is 0 Å². The van der Waals surface area contributed by atoms with Gasteiger partial charge in [0, 0.05) is 43.5 Å². The lowest BCUT2D eigenvalue weighted by Gasteiger charge is -2.35. The molecule has 1 aliphatic heterocycles. The number of rotatable bonds is 8. The topological polar surface area (TPSA) is 78.6 Å². The lowest BCUT2D eigenvalue weighted by Crippen LogP contribution is -2.47. The lowest BCUT2D eigenvalue weighted by atomic mass is 9.94. The van der Waals surface area contributed by atoms with Gasteiger partial charge in [-0.2, -0.15) is 0 Å². The molecule has 2 N–H and O–H groups in total. The van der Waals surface area contributed by atoms with Crippen LogP contribution < -0.4 is 10.2 Å². The molecule has 1 aliphatic rings. The number of non-ortho nitro benzene ring substituents is 1. The van der Waals surface area contributed by atoms with Crippen molar-refractivity contribution in [2.45, 2.75) is 58.1 Å². The third kappa shape index (κ3) is 6.29. The number of benzene rings is 1. The summed E-state index contributed by atoms with van der Waals surface area (Å²) >= 11 is 0. The minimum atomic E-state index is -0.653. The van der Waals surface area contributed by atoms with Crippen molar-refractivity contribution in [3.63, 3.8) is 0 Å². The van der Waals surface area contributed by atoms with Gasteiger partial charge >= 0.3 is 0 Å². The molecule has 25 heavy (non-hydrogen) atoms. The number of hydrogen-bond donors (Lipinski definition) is 2. The van der Waals surface area contributed by atoms with E-state index in [0.29, 0.717) is 18.5 Å². The highest BCUT2D eigenvalue weighted by Crippen LogP contribution is 2.23. The summed E-state index contributed by atoms with van der Waals surface area (Å²) in [6.07, 6.45) is 3.88. The molecule has 6 nitrogen and oxygen atoms in total. The molecule has 0 radical (unpaired) electrons. The van der Waals surface area contributed by atoms with Gasteiger partial charge in [-0.15, -0.1) is 0 Å². The van der Waals surface area contributed by atoms with Gasteiger partial charge in [-0.3, -0.25) is 10.1 Å². The van der Waals surface area contributed by atoms with Crippen molar-refractivity contribution >= 4 is 11.4 Å². The molecule has 1 heterocycles. The Morgan fingerprint density at radius 1 is 1.32 bits per heavy atom. The molecule has 1 aromatic rings. The van der Waals surface area contributed by atoms with Crippen LogP contribution in [0.15, 0.2) is 24.3 Å². The van der Waals surface area contributed by atoms with E-state index in [0.717, 1.165) is 44.5 Å². The Hall–Kier alpha value is -1.66. The molecule has 0 spiro atoms. The van der Waals surface area contributed by atoms with Gasteiger partial charge < -0.3 is 15.3 Å². The van der Waals surface area contributed by atoms with Gasteiger partial charge in [-0.05, 0) is 50.7 Å². The molecule has 0 aliphatic carbocycles. The van der Waals surface area contributed by atoms with Gasteiger partial charge in [0.1, 0.15) is 0 Å². The highest BCUT2D eigenvalue weighted by Gasteiger charge is 2.24. The second kappa shape index (κ2) is 8.63. The van der Waals surface area contributed by atoms with Crippen LogP contribution in [-0.2, 0) is 0 Å². The molecule has 0 amide bonds. The molecule has 1 atom stereocenters. The number of nitro benzene ring substituents is 1. The quantitative estimate of drug-likeness (QED) is 0.556. The number of piperidine rings is 1. The number of anilines is 1. The zero-order valence-electron chi connectivity index (χ0n) is 15.6. The van der Waals surface area contributed by atoms with E-state index in [1.807, 2.05) is 19.1 Å². The number of nitro groups is 1. The monoisotopic (exact) mass is 349 g/mol.